The Morgan fingerprint density at radius 1 is 1.57 bits per heavy atom. The van der Waals surface area contributed by atoms with Gasteiger partial charge >= 0.3 is 0 Å². The Labute approximate surface area is 84.4 Å². The highest BCUT2D eigenvalue weighted by Gasteiger charge is 2.03. The average molecular weight is 195 g/mol. The molecule has 0 aliphatic rings. The van der Waals surface area contributed by atoms with Gasteiger partial charge in [0.1, 0.15) is 0 Å². The van der Waals surface area contributed by atoms with Crippen LogP contribution in [0.2, 0.25) is 0 Å². The van der Waals surface area contributed by atoms with E-state index in [1.807, 2.05) is 31.0 Å². The van der Waals surface area contributed by atoms with E-state index in [4.69, 9.17) is 10.8 Å². The number of nitrogens with two attached hydrogens (primary N) is 1. The molecule has 0 aliphatic heterocycles. The van der Waals surface area contributed by atoms with E-state index in [-0.39, 0.29) is 12.6 Å². The van der Waals surface area contributed by atoms with E-state index in [0.29, 0.717) is 6.54 Å². The topological polar surface area (TPSA) is 62.4 Å². The molecule has 0 unspecified atom stereocenters. The van der Waals surface area contributed by atoms with Gasteiger partial charge in [0.2, 0.25) is 0 Å². The van der Waals surface area contributed by atoms with Crippen LogP contribution in [0.4, 0.5) is 5.69 Å². The summed E-state index contributed by atoms with van der Waals surface area (Å²) in [4.78, 5) is 6.18. The van der Waals surface area contributed by atoms with Crippen molar-refractivity contribution in [2.75, 3.05) is 25.1 Å². The number of rotatable bonds is 4. The lowest BCUT2D eigenvalue weighted by Gasteiger charge is -2.17. The molecule has 0 saturated heterocycles. The van der Waals surface area contributed by atoms with Crippen molar-refractivity contribution in [3.8, 4) is 0 Å². The number of anilines is 1. The molecule has 3 N–H and O–H groups in total. The van der Waals surface area contributed by atoms with Crippen LogP contribution in [0.15, 0.2) is 18.3 Å². The number of pyridine rings is 1. The first-order chi connectivity index (χ1) is 6.65. The first kappa shape index (κ1) is 10.9. The van der Waals surface area contributed by atoms with Crippen LogP contribution in [0, 0.1) is 0 Å². The lowest BCUT2D eigenvalue weighted by Crippen LogP contribution is -2.21. The molecule has 0 aliphatic carbocycles. The summed E-state index contributed by atoms with van der Waals surface area (Å²) < 4.78 is 0. The predicted molar refractivity (Wildman–Crippen MR) is 57.2 cm³/mol. The van der Waals surface area contributed by atoms with Crippen molar-refractivity contribution in [3.05, 3.63) is 24.0 Å². The molecule has 0 spiro atoms. The molecule has 0 bridgehead atoms. The normalized spacial score (nSPS) is 12.6. The number of hydrogen-bond acceptors (Lipinski definition) is 4. The minimum absolute atomic E-state index is 0.0350. The fourth-order valence-electron chi connectivity index (χ4n) is 1.17. The summed E-state index contributed by atoms with van der Waals surface area (Å²) in [6.45, 7) is 2.66. The van der Waals surface area contributed by atoms with Gasteiger partial charge < -0.3 is 15.7 Å². The molecule has 4 nitrogen and oxygen atoms in total. The summed E-state index contributed by atoms with van der Waals surface area (Å²) in [7, 11) is 1.92. The van der Waals surface area contributed by atoms with Gasteiger partial charge in [0.25, 0.3) is 0 Å². The zero-order valence-corrected chi connectivity index (χ0v) is 8.64. The first-order valence-electron chi connectivity index (χ1n) is 4.68. The van der Waals surface area contributed by atoms with Gasteiger partial charge in [-0.2, -0.15) is 0 Å². The molecular formula is C10H17N3O. The van der Waals surface area contributed by atoms with Gasteiger partial charge in [-0.3, -0.25) is 4.98 Å². The Hall–Kier alpha value is -1.13. The van der Waals surface area contributed by atoms with Gasteiger partial charge in [-0.05, 0) is 19.1 Å². The van der Waals surface area contributed by atoms with Crippen molar-refractivity contribution in [2.45, 2.75) is 13.0 Å². The monoisotopic (exact) mass is 195 g/mol. The second kappa shape index (κ2) is 4.93. The molecule has 1 atom stereocenters. The van der Waals surface area contributed by atoms with E-state index in [0.717, 1.165) is 11.4 Å². The van der Waals surface area contributed by atoms with Gasteiger partial charge in [-0.15, -0.1) is 0 Å². The van der Waals surface area contributed by atoms with Crippen LogP contribution in [-0.2, 0) is 0 Å². The number of hydrogen-bond donors (Lipinski definition) is 2. The Morgan fingerprint density at radius 2 is 2.29 bits per heavy atom. The molecule has 0 saturated carbocycles. The molecule has 78 valence electrons. The Kier molecular flexibility index (Phi) is 3.85. The lowest BCUT2D eigenvalue weighted by molar-refractivity contribution is 0.304. The number of likely N-dealkylation sites (N-methyl/N-ethyl adjacent to an activating group) is 1. The van der Waals surface area contributed by atoms with Crippen molar-refractivity contribution in [1.82, 2.24) is 4.98 Å². The minimum atomic E-state index is -0.0350. The Bertz CT molecular complexity index is 271. The molecule has 1 heterocycles. The van der Waals surface area contributed by atoms with Crippen molar-refractivity contribution in [3.63, 3.8) is 0 Å². The largest absolute Gasteiger partial charge is 0.395 e. The maximum absolute atomic E-state index is 8.76. The number of nitrogens with zero attached hydrogens (tertiary/aromatic N) is 2. The molecule has 0 fully saturated rings. The highest BCUT2D eigenvalue weighted by atomic mass is 16.3. The third kappa shape index (κ3) is 2.68. The van der Waals surface area contributed by atoms with Crippen LogP contribution in [0.1, 0.15) is 18.7 Å². The minimum Gasteiger partial charge on any atom is -0.395 e. The van der Waals surface area contributed by atoms with E-state index in [1.165, 1.54) is 0 Å². The van der Waals surface area contributed by atoms with E-state index in [9.17, 15) is 0 Å². The third-order valence-corrected chi connectivity index (χ3v) is 2.11. The van der Waals surface area contributed by atoms with Crippen LogP contribution in [0.5, 0.6) is 0 Å². The molecule has 14 heavy (non-hydrogen) atoms. The van der Waals surface area contributed by atoms with Crippen LogP contribution in [0.25, 0.3) is 0 Å². The maximum Gasteiger partial charge on any atom is 0.0606 e. The van der Waals surface area contributed by atoms with E-state index >= 15 is 0 Å². The molecule has 0 radical (unpaired) electrons. The quantitative estimate of drug-likeness (QED) is 0.735. The van der Waals surface area contributed by atoms with Crippen molar-refractivity contribution >= 4 is 5.69 Å². The number of aromatic nitrogens is 1. The van der Waals surface area contributed by atoms with Crippen molar-refractivity contribution < 1.29 is 5.11 Å². The molecule has 0 amide bonds. The molecule has 1 aromatic rings. The van der Waals surface area contributed by atoms with E-state index < -0.39 is 0 Å². The second-order valence-electron chi connectivity index (χ2n) is 3.38. The van der Waals surface area contributed by atoms with Crippen molar-refractivity contribution in [1.29, 1.82) is 0 Å². The zero-order valence-electron chi connectivity index (χ0n) is 8.64. The number of aliphatic hydroxyl groups is 1. The number of aliphatic hydroxyl groups excluding tert-OH is 1. The fraction of sp³-hybridized carbons (Fsp3) is 0.500. The van der Waals surface area contributed by atoms with Gasteiger partial charge in [-0.25, -0.2) is 0 Å². The molecular weight excluding hydrogens is 178 g/mol. The molecule has 1 aromatic heterocycles. The van der Waals surface area contributed by atoms with E-state index in [2.05, 4.69) is 4.98 Å². The van der Waals surface area contributed by atoms with Crippen LogP contribution in [0.3, 0.4) is 0 Å². The smallest absolute Gasteiger partial charge is 0.0606 e. The summed E-state index contributed by atoms with van der Waals surface area (Å²) in [5.41, 5.74) is 7.55. The van der Waals surface area contributed by atoms with Gasteiger partial charge in [-0.1, -0.05) is 0 Å². The van der Waals surface area contributed by atoms with Crippen LogP contribution < -0.4 is 10.6 Å². The van der Waals surface area contributed by atoms with E-state index in [1.54, 1.807) is 6.20 Å². The summed E-state index contributed by atoms with van der Waals surface area (Å²) in [5.74, 6) is 0. The van der Waals surface area contributed by atoms with Gasteiger partial charge in [0.15, 0.2) is 0 Å². The van der Waals surface area contributed by atoms with Crippen LogP contribution >= 0.6 is 0 Å². The first-order valence-corrected chi connectivity index (χ1v) is 4.68. The van der Waals surface area contributed by atoms with Crippen molar-refractivity contribution in [2.24, 2.45) is 5.73 Å². The third-order valence-electron chi connectivity index (χ3n) is 2.11. The summed E-state index contributed by atoms with van der Waals surface area (Å²) >= 11 is 0. The highest BCUT2D eigenvalue weighted by Crippen LogP contribution is 2.13. The SMILES string of the molecule is C[C@H](N)c1ccc(N(C)CCO)cn1. The van der Waals surface area contributed by atoms with Gasteiger partial charge in [0.05, 0.1) is 24.2 Å². The molecule has 0 aromatic carbocycles. The maximum atomic E-state index is 8.76. The fourth-order valence-corrected chi connectivity index (χ4v) is 1.17. The Morgan fingerprint density at radius 3 is 2.71 bits per heavy atom. The summed E-state index contributed by atoms with van der Waals surface area (Å²) in [6.07, 6.45) is 1.77. The standard InChI is InChI=1S/C10H17N3O/c1-8(11)10-4-3-9(7-12-10)13(2)5-6-14/h3-4,7-8,14H,5-6,11H2,1-2H3/t8-/m0/s1. The molecule has 4 heteroatoms. The summed E-state index contributed by atoms with van der Waals surface area (Å²) in [5, 5.41) is 8.76. The lowest BCUT2D eigenvalue weighted by atomic mass is 10.2. The van der Waals surface area contributed by atoms with Crippen LogP contribution in [-0.4, -0.2) is 30.3 Å². The Balaban J connectivity index is 2.72. The molecule has 1 rings (SSSR count). The summed E-state index contributed by atoms with van der Waals surface area (Å²) in [6, 6.07) is 3.84. The van der Waals surface area contributed by atoms with Gasteiger partial charge in [0, 0.05) is 19.6 Å². The zero-order chi connectivity index (χ0) is 10.6. The predicted octanol–water partition coefficient (Wildman–Crippen LogP) is 0.530. The highest BCUT2D eigenvalue weighted by molar-refractivity contribution is 5.43. The average Bonchev–Trinajstić information content (AvgIpc) is 2.18. The second-order valence-corrected chi connectivity index (χ2v) is 3.38.